The lowest BCUT2D eigenvalue weighted by atomic mass is 9.88. The zero-order valence-corrected chi connectivity index (χ0v) is 13.9. The van der Waals surface area contributed by atoms with Crippen LogP contribution in [-0.2, 0) is 6.54 Å². The lowest BCUT2D eigenvalue weighted by Crippen LogP contribution is -2.39. The maximum atomic E-state index is 6.20. The molecule has 0 fully saturated rings. The van der Waals surface area contributed by atoms with Gasteiger partial charge in [0.05, 0.1) is 0 Å². The molecular formula is C20H25NO. The Balaban J connectivity index is 1.86. The fraction of sp³-hybridized carbons (Fsp3) is 0.400. The third kappa shape index (κ3) is 3.17. The molecule has 1 unspecified atom stereocenters. The van der Waals surface area contributed by atoms with Crippen molar-refractivity contribution >= 4 is 0 Å². The van der Waals surface area contributed by atoms with E-state index in [2.05, 4.69) is 75.5 Å². The van der Waals surface area contributed by atoms with E-state index < -0.39 is 0 Å². The zero-order valence-electron chi connectivity index (χ0n) is 13.9. The summed E-state index contributed by atoms with van der Waals surface area (Å²) in [7, 11) is 0. The monoisotopic (exact) mass is 295 g/mol. The minimum atomic E-state index is -0.136. The summed E-state index contributed by atoms with van der Waals surface area (Å²) in [6.07, 6.45) is 0.981. The van der Waals surface area contributed by atoms with Crippen molar-refractivity contribution < 1.29 is 4.74 Å². The number of benzene rings is 2. The number of rotatable bonds is 3. The minimum Gasteiger partial charge on any atom is -0.487 e. The third-order valence-corrected chi connectivity index (χ3v) is 4.48. The van der Waals surface area contributed by atoms with Gasteiger partial charge in [-0.3, -0.25) is 0 Å². The first-order valence-electron chi connectivity index (χ1n) is 8.02. The number of fused-ring (bicyclic) bond motifs is 1. The van der Waals surface area contributed by atoms with Crippen LogP contribution >= 0.6 is 0 Å². The van der Waals surface area contributed by atoms with E-state index in [0.29, 0.717) is 6.04 Å². The average molecular weight is 295 g/mol. The second kappa shape index (κ2) is 5.77. The average Bonchev–Trinajstić information content (AvgIpc) is 2.47. The zero-order chi connectivity index (χ0) is 15.7. The van der Waals surface area contributed by atoms with Crippen molar-refractivity contribution in [2.45, 2.75) is 52.3 Å². The van der Waals surface area contributed by atoms with Crippen LogP contribution in [0.15, 0.2) is 42.5 Å². The lowest BCUT2D eigenvalue weighted by Gasteiger charge is -2.38. The molecule has 2 aromatic rings. The van der Waals surface area contributed by atoms with Crippen LogP contribution in [0.3, 0.4) is 0 Å². The number of aryl methyl sites for hydroxylation is 2. The summed E-state index contributed by atoms with van der Waals surface area (Å²) in [6, 6.07) is 15.4. The lowest BCUT2D eigenvalue weighted by molar-refractivity contribution is 0.0656. The van der Waals surface area contributed by atoms with E-state index in [1.807, 2.05) is 0 Å². The Bertz CT molecular complexity index is 661. The van der Waals surface area contributed by atoms with E-state index in [-0.39, 0.29) is 5.60 Å². The minimum absolute atomic E-state index is 0.136. The predicted octanol–water partition coefficient (Wildman–Crippen LogP) is 4.70. The van der Waals surface area contributed by atoms with Crippen molar-refractivity contribution in [3.63, 3.8) is 0 Å². The predicted molar refractivity (Wildman–Crippen MR) is 91.3 cm³/mol. The Kier molecular flexibility index (Phi) is 3.96. The molecule has 2 nitrogen and oxygen atoms in total. The van der Waals surface area contributed by atoms with Crippen LogP contribution in [0.4, 0.5) is 0 Å². The second-order valence-electron chi connectivity index (χ2n) is 6.96. The summed E-state index contributed by atoms with van der Waals surface area (Å²) in [6.45, 7) is 9.54. The van der Waals surface area contributed by atoms with Gasteiger partial charge in [-0.15, -0.1) is 0 Å². The molecular weight excluding hydrogens is 270 g/mol. The summed E-state index contributed by atoms with van der Waals surface area (Å²) in [5.41, 5.74) is 5.09. The molecule has 116 valence electrons. The van der Waals surface area contributed by atoms with Crippen molar-refractivity contribution in [2.24, 2.45) is 0 Å². The van der Waals surface area contributed by atoms with E-state index in [0.717, 1.165) is 18.7 Å². The van der Waals surface area contributed by atoms with E-state index in [4.69, 9.17) is 4.74 Å². The molecule has 3 rings (SSSR count). The molecule has 0 aliphatic carbocycles. The largest absolute Gasteiger partial charge is 0.487 e. The van der Waals surface area contributed by atoms with Gasteiger partial charge in [-0.05, 0) is 50.5 Å². The van der Waals surface area contributed by atoms with Gasteiger partial charge in [-0.1, -0.05) is 36.4 Å². The topological polar surface area (TPSA) is 21.3 Å². The number of hydrogen-bond acceptors (Lipinski definition) is 2. The fourth-order valence-corrected chi connectivity index (χ4v) is 3.13. The SMILES string of the molecule is Cc1cc2c(cc1C)C(NCc1ccccc1)CC(C)(C)O2. The maximum absolute atomic E-state index is 6.20. The molecule has 1 atom stereocenters. The first-order chi connectivity index (χ1) is 10.4. The maximum Gasteiger partial charge on any atom is 0.125 e. The second-order valence-corrected chi connectivity index (χ2v) is 6.96. The molecule has 0 amide bonds. The molecule has 1 N–H and O–H groups in total. The van der Waals surface area contributed by atoms with Crippen LogP contribution < -0.4 is 10.1 Å². The smallest absolute Gasteiger partial charge is 0.125 e. The van der Waals surface area contributed by atoms with Crippen LogP contribution in [0.25, 0.3) is 0 Å². The molecule has 0 radical (unpaired) electrons. The Labute approximate surface area is 133 Å². The Morgan fingerprint density at radius 3 is 2.50 bits per heavy atom. The van der Waals surface area contributed by atoms with Crippen molar-refractivity contribution in [1.29, 1.82) is 0 Å². The first-order valence-corrected chi connectivity index (χ1v) is 8.02. The van der Waals surface area contributed by atoms with Gasteiger partial charge in [-0.2, -0.15) is 0 Å². The molecule has 0 saturated heterocycles. The molecule has 22 heavy (non-hydrogen) atoms. The van der Waals surface area contributed by atoms with Gasteiger partial charge in [0.2, 0.25) is 0 Å². The van der Waals surface area contributed by atoms with Gasteiger partial charge in [-0.25, -0.2) is 0 Å². The van der Waals surface area contributed by atoms with Crippen LogP contribution in [0.1, 0.15) is 48.6 Å². The molecule has 2 heteroatoms. The van der Waals surface area contributed by atoms with Gasteiger partial charge in [0.15, 0.2) is 0 Å². The summed E-state index contributed by atoms with van der Waals surface area (Å²) >= 11 is 0. The Hall–Kier alpha value is -1.80. The number of nitrogens with one attached hydrogen (secondary N) is 1. The van der Waals surface area contributed by atoms with E-state index in [1.165, 1.54) is 22.3 Å². The van der Waals surface area contributed by atoms with Crippen molar-refractivity contribution in [3.8, 4) is 5.75 Å². The molecule has 2 aromatic carbocycles. The molecule has 0 bridgehead atoms. The van der Waals surface area contributed by atoms with Crippen LogP contribution in [-0.4, -0.2) is 5.60 Å². The summed E-state index contributed by atoms with van der Waals surface area (Å²) in [5, 5.41) is 3.72. The van der Waals surface area contributed by atoms with Gasteiger partial charge in [0.25, 0.3) is 0 Å². The molecule has 0 aromatic heterocycles. The molecule has 1 aliphatic heterocycles. The van der Waals surface area contributed by atoms with Crippen LogP contribution in [0, 0.1) is 13.8 Å². The van der Waals surface area contributed by atoms with Crippen LogP contribution in [0.2, 0.25) is 0 Å². The third-order valence-electron chi connectivity index (χ3n) is 4.48. The number of ether oxygens (including phenoxy) is 1. The highest BCUT2D eigenvalue weighted by Crippen LogP contribution is 2.40. The fourth-order valence-electron chi connectivity index (χ4n) is 3.13. The van der Waals surface area contributed by atoms with Crippen molar-refractivity contribution in [2.75, 3.05) is 0 Å². The van der Waals surface area contributed by atoms with E-state index in [9.17, 15) is 0 Å². The van der Waals surface area contributed by atoms with Gasteiger partial charge < -0.3 is 10.1 Å². The van der Waals surface area contributed by atoms with Gasteiger partial charge in [0, 0.05) is 24.6 Å². The number of hydrogen-bond donors (Lipinski definition) is 1. The van der Waals surface area contributed by atoms with E-state index >= 15 is 0 Å². The highest BCUT2D eigenvalue weighted by molar-refractivity contribution is 5.45. The Morgan fingerprint density at radius 2 is 1.77 bits per heavy atom. The molecule has 0 saturated carbocycles. The summed E-state index contributed by atoms with van der Waals surface area (Å²) < 4.78 is 6.20. The molecule has 0 spiro atoms. The summed E-state index contributed by atoms with van der Waals surface area (Å²) in [4.78, 5) is 0. The van der Waals surface area contributed by atoms with Gasteiger partial charge in [0.1, 0.15) is 11.4 Å². The molecule has 1 heterocycles. The van der Waals surface area contributed by atoms with E-state index in [1.54, 1.807) is 0 Å². The first kappa shape index (κ1) is 15.1. The van der Waals surface area contributed by atoms with Crippen molar-refractivity contribution in [3.05, 3.63) is 64.7 Å². The normalized spacial score (nSPS) is 19.4. The van der Waals surface area contributed by atoms with Gasteiger partial charge >= 0.3 is 0 Å². The van der Waals surface area contributed by atoms with Crippen LogP contribution in [0.5, 0.6) is 5.75 Å². The molecule has 1 aliphatic rings. The highest BCUT2D eigenvalue weighted by atomic mass is 16.5. The quantitative estimate of drug-likeness (QED) is 0.886. The standard InChI is InChI=1S/C20H25NO/c1-14-10-17-18(21-13-16-8-6-5-7-9-16)12-20(3,4)22-19(17)11-15(14)2/h5-11,18,21H,12-13H2,1-4H3. The highest BCUT2D eigenvalue weighted by Gasteiger charge is 2.33. The van der Waals surface area contributed by atoms with Crippen molar-refractivity contribution in [1.82, 2.24) is 5.32 Å². The summed E-state index contributed by atoms with van der Waals surface area (Å²) in [5.74, 6) is 1.03. The Morgan fingerprint density at radius 1 is 1.09 bits per heavy atom.